The highest BCUT2D eigenvalue weighted by molar-refractivity contribution is 5.74. The predicted octanol–water partition coefficient (Wildman–Crippen LogP) is 2.40. The molecule has 1 fully saturated rings. The van der Waals surface area contributed by atoms with Crippen molar-refractivity contribution in [2.24, 2.45) is 5.41 Å². The molecule has 1 saturated heterocycles. The molecular weight excluding hydrogens is 261 g/mol. The van der Waals surface area contributed by atoms with E-state index in [-0.39, 0.29) is 6.42 Å². The van der Waals surface area contributed by atoms with Gasteiger partial charge in [0.2, 0.25) is 0 Å². The number of urea groups is 1. The van der Waals surface area contributed by atoms with Crippen molar-refractivity contribution in [3.63, 3.8) is 0 Å². The first kappa shape index (κ1) is 16.1. The molecule has 1 aliphatic rings. The van der Waals surface area contributed by atoms with Crippen LogP contribution in [0.2, 0.25) is 0 Å². The third-order valence-corrected chi connectivity index (χ3v) is 2.81. The van der Waals surface area contributed by atoms with Crippen LogP contribution >= 0.6 is 0 Å². The summed E-state index contributed by atoms with van der Waals surface area (Å²) in [6.45, 7) is 6.52. The molecule has 1 N–H and O–H groups in total. The number of nitrogens with one attached hydrogen (secondary N) is 1. The van der Waals surface area contributed by atoms with Crippen molar-refractivity contribution in [3.8, 4) is 0 Å². The van der Waals surface area contributed by atoms with Crippen LogP contribution < -0.4 is 5.32 Å². The van der Waals surface area contributed by atoms with Gasteiger partial charge in [0.25, 0.3) is 0 Å². The summed E-state index contributed by atoms with van der Waals surface area (Å²) in [6.07, 6.45) is -4.58. The van der Waals surface area contributed by atoms with Gasteiger partial charge in [-0.05, 0) is 11.8 Å². The topological polar surface area (TPSA) is 41.6 Å². The molecule has 112 valence electrons. The molecule has 0 saturated carbocycles. The zero-order valence-corrected chi connectivity index (χ0v) is 11.5. The van der Waals surface area contributed by atoms with Gasteiger partial charge in [-0.2, -0.15) is 13.2 Å². The van der Waals surface area contributed by atoms with E-state index in [1.54, 1.807) is 20.8 Å². The van der Waals surface area contributed by atoms with Gasteiger partial charge in [0.05, 0.1) is 13.2 Å². The minimum atomic E-state index is -4.44. The SMILES string of the molecule is CC(C)(C)C[C@@H](NC(=O)N1CCOCC1)C(F)(F)F. The summed E-state index contributed by atoms with van der Waals surface area (Å²) in [5.41, 5.74) is -0.515. The Morgan fingerprint density at radius 2 is 1.79 bits per heavy atom. The summed E-state index contributed by atoms with van der Waals surface area (Å²) in [4.78, 5) is 13.2. The fourth-order valence-corrected chi connectivity index (χ4v) is 1.87. The van der Waals surface area contributed by atoms with E-state index in [1.807, 2.05) is 0 Å². The third kappa shape index (κ3) is 5.67. The highest BCUT2D eigenvalue weighted by Gasteiger charge is 2.43. The molecule has 1 atom stereocenters. The molecule has 1 rings (SSSR count). The summed E-state index contributed by atoms with van der Waals surface area (Å²) >= 11 is 0. The highest BCUT2D eigenvalue weighted by Crippen LogP contribution is 2.30. The lowest BCUT2D eigenvalue weighted by Gasteiger charge is -2.32. The summed E-state index contributed by atoms with van der Waals surface area (Å²) in [7, 11) is 0. The maximum Gasteiger partial charge on any atom is 0.408 e. The number of ether oxygens (including phenoxy) is 1. The molecule has 19 heavy (non-hydrogen) atoms. The molecular formula is C12H21F3N2O2. The molecule has 0 aromatic rings. The molecule has 0 aromatic heterocycles. The number of halogens is 3. The molecule has 0 radical (unpaired) electrons. The first-order valence-corrected chi connectivity index (χ1v) is 6.29. The van der Waals surface area contributed by atoms with Crippen molar-refractivity contribution >= 4 is 6.03 Å². The van der Waals surface area contributed by atoms with Crippen LogP contribution in [-0.2, 0) is 4.74 Å². The third-order valence-electron chi connectivity index (χ3n) is 2.81. The van der Waals surface area contributed by atoms with Crippen molar-refractivity contribution in [1.29, 1.82) is 0 Å². The number of morpholine rings is 1. The molecule has 2 amide bonds. The van der Waals surface area contributed by atoms with E-state index in [2.05, 4.69) is 5.32 Å². The van der Waals surface area contributed by atoms with Crippen molar-refractivity contribution in [3.05, 3.63) is 0 Å². The summed E-state index contributed by atoms with van der Waals surface area (Å²) in [5.74, 6) is 0. The van der Waals surface area contributed by atoms with Crippen molar-refractivity contribution in [2.75, 3.05) is 26.3 Å². The minimum absolute atomic E-state index is 0.146. The fourth-order valence-electron chi connectivity index (χ4n) is 1.87. The van der Waals surface area contributed by atoms with Crippen molar-refractivity contribution in [2.45, 2.75) is 39.4 Å². The van der Waals surface area contributed by atoms with Crippen LogP contribution in [0.15, 0.2) is 0 Å². The Morgan fingerprint density at radius 1 is 1.26 bits per heavy atom. The van der Waals surface area contributed by atoms with Crippen LogP contribution in [0.3, 0.4) is 0 Å². The summed E-state index contributed by atoms with van der Waals surface area (Å²) in [6, 6.07) is -2.49. The van der Waals surface area contributed by atoms with Gasteiger partial charge in [0.1, 0.15) is 6.04 Å². The molecule has 0 unspecified atom stereocenters. The maximum atomic E-state index is 12.9. The zero-order valence-electron chi connectivity index (χ0n) is 11.5. The van der Waals surface area contributed by atoms with Crippen molar-refractivity contribution in [1.82, 2.24) is 10.2 Å². The second kappa shape index (κ2) is 5.98. The van der Waals surface area contributed by atoms with E-state index in [0.717, 1.165) is 0 Å². The van der Waals surface area contributed by atoms with E-state index in [0.29, 0.717) is 26.3 Å². The number of rotatable bonds is 2. The van der Waals surface area contributed by atoms with Crippen LogP contribution in [-0.4, -0.2) is 49.5 Å². The number of nitrogens with zero attached hydrogens (tertiary/aromatic N) is 1. The Kier molecular flexibility index (Phi) is 5.06. The Bertz CT molecular complexity index is 307. The number of alkyl halides is 3. The zero-order chi connectivity index (χ0) is 14.7. The Balaban J connectivity index is 2.63. The first-order chi connectivity index (χ1) is 8.59. The quantitative estimate of drug-likeness (QED) is 0.845. The second-order valence-corrected chi connectivity index (χ2v) is 5.91. The number of hydrogen-bond donors (Lipinski definition) is 1. The fraction of sp³-hybridized carbons (Fsp3) is 0.917. The molecule has 1 heterocycles. The van der Waals surface area contributed by atoms with Gasteiger partial charge in [-0.1, -0.05) is 20.8 Å². The van der Waals surface area contributed by atoms with E-state index < -0.39 is 23.7 Å². The monoisotopic (exact) mass is 282 g/mol. The smallest absolute Gasteiger partial charge is 0.378 e. The molecule has 0 aromatic carbocycles. The molecule has 0 bridgehead atoms. The summed E-state index contributed by atoms with van der Waals surface area (Å²) < 4.78 is 43.8. The minimum Gasteiger partial charge on any atom is -0.378 e. The predicted molar refractivity (Wildman–Crippen MR) is 64.8 cm³/mol. The van der Waals surface area contributed by atoms with E-state index in [4.69, 9.17) is 4.74 Å². The lowest BCUT2D eigenvalue weighted by molar-refractivity contribution is -0.159. The van der Waals surface area contributed by atoms with E-state index >= 15 is 0 Å². The van der Waals surface area contributed by atoms with Gasteiger partial charge in [0, 0.05) is 13.1 Å². The number of amides is 2. The van der Waals surface area contributed by atoms with Crippen LogP contribution in [0, 0.1) is 5.41 Å². The number of hydrogen-bond acceptors (Lipinski definition) is 2. The standard InChI is InChI=1S/C12H21F3N2O2/c1-11(2,3)8-9(12(13,14)15)16-10(18)17-4-6-19-7-5-17/h9H,4-8H2,1-3H3,(H,16,18)/t9-/m1/s1. The van der Waals surface area contributed by atoms with Crippen LogP contribution in [0.4, 0.5) is 18.0 Å². The second-order valence-electron chi connectivity index (χ2n) is 5.91. The molecule has 0 spiro atoms. The highest BCUT2D eigenvalue weighted by atomic mass is 19.4. The maximum absolute atomic E-state index is 12.9. The largest absolute Gasteiger partial charge is 0.408 e. The van der Waals surface area contributed by atoms with E-state index in [9.17, 15) is 18.0 Å². The first-order valence-electron chi connectivity index (χ1n) is 6.29. The molecule has 0 aliphatic carbocycles. The van der Waals surface area contributed by atoms with Crippen molar-refractivity contribution < 1.29 is 22.7 Å². The van der Waals surface area contributed by atoms with Gasteiger partial charge in [-0.25, -0.2) is 4.79 Å². The molecule has 7 heteroatoms. The van der Waals surface area contributed by atoms with Gasteiger partial charge in [-0.3, -0.25) is 0 Å². The van der Waals surface area contributed by atoms with Gasteiger partial charge < -0.3 is 15.0 Å². The van der Waals surface area contributed by atoms with Gasteiger partial charge >= 0.3 is 12.2 Å². The molecule has 1 aliphatic heterocycles. The van der Waals surface area contributed by atoms with Crippen LogP contribution in [0.5, 0.6) is 0 Å². The van der Waals surface area contributed by atoms with Crippen LogP contribution in [0.1, 0.15) is 27.2 Å². The normalized spacial score (nSPS) is 19.2. The summed E-state index contributed by atoms with van der Waals surface area (Å²) in [5, 5.41) is 2.09. The molecule has 4 nitrogen and oxygen atoms in total. The van der Waals surface area contributed by atoms with Gasteiger partial charge in [-0.15, -0.1) is 0 Å². The average molecular weight is 282 g/mol. The Hall–Kier alpha value is -0.980. The Labute approximate surface area is 111 Å². The average Bonchev–Trinajstić information content (AvgIpc) is 2.26. The number of carbonyl (C=O) groups is 1. The van der Waals surface area contributed by atoms with Crippen LogP contribution in [0.25, 0.3) is 0 Å². The lowest BCUT2D eigenvalue weighted by Crippen LogP contribution is -2.54. The lowest BCUT2D eigenvalue weighted by atomic mass is 9.88. The van der Waals surface area contributed by atoms with E-state index in [1.165, 1.54) is 4.90 Å². The van der Waals surface area contributed by atoms with Gasteiger partial charge in [0.15, 0.2) is 0 Å². The number of carbonyl (C=O) groups excluding carboxylic acids is 1. The Morgan fingerprint density at radius 3 is 2.21 bits per heavy atom.